The lowest BCUT2D eigenvalue weighted by Gasteiger charge is -2.26. The van der Waals surface area contributed by atoms with Crippen LogP contribution in [0.1, 0.15) is 40.0 Å². The van der Waals surface area contributed by atoms with Crippen LogP contribution in [-0.4, -0.2) is 103 Å². The SMILES string of the molecule is CN(C)C(=O)/C=C/CCCCOc1ccc(I)cn1.CN(C)C(=O)/C=C/CN(CCOc1ccc(I)cn1)C(=O)OC(C)(C)C. The molecule has 0 unspecified atom stereocenters. The number of nitrogens with zero attached hydrogens (tertiary/aromatic N) is 5. The Labute approximate surface area is 294 Å². The third-order valence-corrected chi connectivity index (χ3v) is 6.68. The summed E-state index contributed by atoms with van der Waals surface area (Å²) in [5.41, 5.74) is -0.600. The van der Waals surface area contributed by atoms with Gasteiger partial charge in [0.05, 0.1) is 13.2 Å². The maximum Gasteiger partial charge on any atom is 0.410 e. The van der Waals surface area contributed by atoms with Crippen LogP contribution in [-0.2, 0) is 14.3 Å². The first-order valence-electron chi connectivity index (χ1n) is 14.4. The van der Waals surface area contributed by atoms with Crippen molar-refractivity contribution in [3.8, 4) is 11.8 Å². The van der Waals surface area contributed by atoms with Gasteiger partial charge in [-0.05, 0) is 103 Å². The topological polar surface area (TPSA) is 114 Å². The van der Waals surface area contributed by atoms with Crippen molar-refractivity contribution in [2.24, 2.45) is 0 Å². The molecule has 0 saturated heterocycles. The largest absolute Gasteiger partial charge is 0.478 e. The van der Waals surface area contributed by atoms with Crippen LogP contribution >= 0.6 is 45.2 Å². The summed E-state index contributed by atoms with van der Waals surface area (Å²) in [5, 5.41) is 0. The van der Waals surface area contributed by atoms with Crippen LogP contribution in [0, 0.1) is 7.14 Å². The van der Waals surface area contributed by atoms with E-state index in [1.807, 2.05) is 24.3 Å². The molecule has 2 aromatic heterocycles. The zero-order valence-electron chi connectivity index (χ0n) is 27.2. The quantitative estimate of drug-likeness (QED) is 0.133. The van der Waals surface area contributed by atoms with E-state index in [-0.39, 0.29) is 25.0 Å². The van der Waals surface area contributed by atoms with Gasteiger partial charge in [-0.15, -0.1) is 0 Å². The van der Waals surface area contributed by atoms with Crippen molar-refractivity contribution in [2.45, 2.75) is 45.6 Å². The minimum absolute atomic E-state index is 0.0272. The number of likely N-dealkylation sites (N-methyl/N-ethyl adjacent to an activating group) is 2. The van der Waals surface area contributed by atoms with Gasteiger partial charge in [0.25, 0.3) is 0 Å². The van der Waals surface area contributed by atoms with E-state index < -0.39 is 11.7 Å². The van der Waals surface area contributed by atoms with E-state index in [1.54, 1.807) is 84.5 Å². The van der Waals surface area contributed by atoms with Gasteiger partial charge >= 0.3 is 6.09 Å². The predicted octanol–water partition coefficient (Wildman–Crippen LogP) is 5.83. The number of carbonyl (C=O) groups is 3. The van der Waals surface area contributed by atoms with Gasteiger partial charge in [-0.1, -0.05) is 12.2 Å². The second kappa shape index (κ2) is 21.7. The van der Waals surface area contributed by atoms with Gasteiger partial charge in [-0.3, -0.25) is 9.59 Å². The highest BCUT2D eigenvalue weighted by atomic mass is 127. The molecule has 0 N–H and O–H groups in total. The van der Waals surface area contributed by atoms with Gasteiger partial charge in [0.1, 0.15) is 12.2 Å². The van der Waals surface area contributed by atoms with Crippen LogP contribution in [0.5, 0.6) is 11.8 Å². The predicted molar refractivity (Wildman–Crippen MR) is 192 cm³/mol. The summed E-state index contributed by atoms with van der Waals surface area (Å²) < 4.78 is 18.6. The van der Waals surface area contributed by atoms with E-state index in [2.05, 4.69) is 55.1 Å². The van der Waals surface area contributed by atoms with Gasteiger partial charge in [-0.2, -0.15) is 0 Å². The Morgan fingerprint density at radius 2 is 1.29 bits per heavy atom. The number of unbranched alkanes of at least 4 members (excludes halogenated alkanes) is 2. The van der Waals surface area contributed by atoms with E-state index in [1.165, 1.54) is 15.9 Å². The number of halogens is 2. The fourth-order valence-corrected chi connectivity index (χ4v) is 3.68. The highest BCUT2D eigenvalue weighted by molar-refractivity contribution is 14.1. The minimum Gasteiger partial charge on any atom is -0.478 e. The Hall–Kier alpha value is -2.95. The summed E-state index contributed by atoms with van der Waals surface area (Å²) in [4.78, 5) is 48.0. The maximum atomic E-state index is 12.4. The molecule has 45 heavy (non-hydrogen) atoms. The third kappa shape index (κ3) is 19.9. The Bertz CT molecular complexity index is 1230. The van der Waals surface area contributed by atoms with Crippen LogP contribution in [0.25, 0.3) is 0 Å². The molecule has 2 rings (SSSR count). The summed E-state index contributed by atoms with van der Waals surface area (Å²) in [7, 11) is 6.82. The molecular weight excluding hydrogens is 804 g/mol. The molecule has 0 aliphatic carbocycles. The Morgan fingerprint density at radius 3 is 1.76 bits per heavy atom. The van der Waals surface area contributed by atoms with E-state index in [0.717, 1.165) is 26.4 Å². The highest BCUT2D eigenvalue weighted by Crippen LogP contribution is 2.12. The summed E-state index contributed by atoms with van der Waals surface area (Å²) in [6.45, 7) is 6.90. The molecule has 2 aromatic rings. The molecule has 11 nitrogen and oxygen atoms in total. The summed E-state index contributed by atoms with van der Waals surface area (Å²) >= 11 is 4.37. The van der Waals surface area contributed by atoms with Crippen molar-refractivity contribution in [1.82, 2.24) is 24.7 Å². The van der Waals surface area contributed by atoms with Gasteiger partial charge in [0, 0.05) is 72.5 Å². The summed E-state index contributed by atoms with van der Waals surface area (Å²) in [5.74, 6) is 1.04. The first-order chi connectivity index (χ1) is 21.2. The van der Waals surface area contributed by atoms with Crippen LogP contribution in [0.15, 0.2) is 61.0 Å². The lowest BCUT2D eigenvalue weighted by molar-refractivity contribution is -0.124. The average molecular weight is 850 g/mol. The van der Waals surface area contributed by atoms with Crippen molar-refractivity contribution in [2.75, 3.05) is 54.5 Å². The molecule has 0 aromatic carbocycles. The van der Waals surface area contributed by atoms with Gasteiger partial charge in [0.15, 0.2) is 0 Å². The smallest absolute Gasteiger partial charge is 0.410 e. The van der Waals surface area contributed by atoms with E-state index in [0.29, 0.717) is 24.9 Å². The molecule has 0 spiro atoms. The fraction of sp³-hybridized carbons (Fsp3) is 0.469. The lowest BCUT2D eigenvalue weighted by Crippen LogP contribution is -2.39. The number of aromatic nitrogens is 2. The number of pyridine rings is 2. The van der Waals surface area contributed by atoms with Crippen molar-refractivity contribution in [3.05, 3.63) is 68.1 Å². The summed E-state index contributed by atoms with van der Waals surface area (Å²) in [6, 6.07) is 7.51. The van der Waals surface area contributed by atoms with Crippen LogP contribution < -0.4 is 9.47 Å². The number of rotatable bonds is 14. The Kier molecular flexibility index (Phi) is 19.3. The zero-order valence-corrected chi connectivity index (χ0v) is 31.5. The van der Waals surface area contributed by atoms with Crippen LogP contribution in [0.2, 0.25) is 0 Å². The van der Waals surface area contributed by atoms with Gasteiger partial charge < -0.3 is 28.9 Å². The lowest BCUT2D eigenvalue weighted by atomic mass is 10.2. The number of carbonyl (C=O) groups excluding carboxylic acids is 3. The monoisotopic (exact) mass is 849 g/mol. The zero-order chi connectivity index (χ0) is 33.8. The minimum atomic E-state index is -0.600. The van der Waals surface area contributed by atoms with Crippen molar-refractivity contribution in [1.29, 1.82) is 0 Å². The van der Waals surface area contributed by atoms with Crippen LogP contribution in [0.3, 0.4) is 0 Å². The second-order valence-corrected chi connectivity index (χ2v) is 13.5. The normalized spacial score (nSPS) is 11.0. The molecule has 0 atom stereocenters. The Morgan fingerprint density at radius 1 is 0.778 bits per heavy atom. The van der Waals surface area contributed by atoms with E-state index in [4.69, 9.17) is 14.2 Å². The van der Waals surface area contributed by atoms with E-state index >= 15 is 0 Å². The second-order valence-electron chi connectivity index (χ2n) is 11.0. The van der Waals surface area contributed by atoms with Crippen molar-refractivity contribution < 1.29 is 28.6 Å². The van der Waals surface area contributed by atoms with Crippen molar-refractivity contribution in [3.63, 3.8) is 0 Å². The number of allylic oxidation sites excluding steroid dienone is 1. The standard InChI is InChI=1S/C18H26IN3O4.C14H19IN2O2/c1-18(2,3)26-17(24)22(10-6-7-16(23)21(4)5)11-12-25-15-9-8-14(19)13-20-15;1-17(2)14(18)7-5-3-4-6-10-19-13-9-8-12(15)11-16-13/h6-9,13H,10-12H2,1-5H3;5,7-9,11H,3-4,6,10H2,1-2H3/b7-6+;7-5+. The molecule has 0 aliphatic rings. The van der Waals surface area contributed by atoms with Crippen molar-refractivity contribution >= 4 is 63.1 Å². The number of hydrogen-bond acceptors (Lipinski definition) is 8. The average Bonchev–Trinajstić information content (AvgIpc) is 2.96. The van der Waals surface area contributed by atoms with Gasteiger partial charge in [-0.25, -0.2) is 14.8 Å². The number of hydrogen-bond donors (Lipinski definition) is 0. The molecule has 0 saturated carbocycles. The third-order valence-electron chi connectivity index (χ3n) is 5.41. The van der Waals surface area contributed by atoms with E-state index in [9.17, 15) is 14.4 Å². The van der Waals surface area contributed by atoms with Gasteiger partial charge in [0.2, 0.25) is 23.6 Å². The fourth-order valence-electron chi connectivity index (χ4n) is 3.04. The molecule has 0 fully saturated rings. The number of amides is 3. The first kappa shape index (κ1) is 40.1. The number of ether oxygens (including phenoxy) is 3. The highest BCUT2D eigenvalue weighted by Gasteiger charge is 2.21. The van der Waals surface area contributed by atoms with Crippen LogP contribution in [0.4, 0.5) is 4.79 Å². The summed E-state index contributed by atoms with van der Waals surface area (Å²) in [6.07, 6.45) is 12.5. The Balaban J connectivity index is 0.000000472. The molecule has 248 valence electrons. The molecular formula is C32H45I2N5O6. The molecule has 0 bridgehead atoms. The first-order valence-corrected chi connectivity index (χ1v) is 16.6. The molecule has 0 aliphatic heterocycles. The molecule has 2 heterocycles. The molecule has 13 heteroatoms. The molecule has 3 amide bonds. The maximum absolute atomic E-state index is 12.4. The molecule has 0 radical (unpaired) electrons.